The van der Waals surface area contributed by atoms with Crippen LogP contribution in [0.2, 0.25) is 0 Å². The molecule has 152 valence electrons. The lowest BCUT2D eigenvalue weighted by molar-refractivity contribution is -0.162. The number of carbonyl (C=O) groups excluding carboxylic acids is 2. The Morgan fingerprint density at radius 3 is 2.07 bits per heavy atom. The molecule has 1 atom stereocenters. The maximum atomic E-state index is 12.7. The van der Waals surface area contributed by atoms with Crippen molar-refractivity contribution in [1.29, 1.82) is 0 Å². The van der Waals surface area contributed by atoms with E-state index in [4.69, 9.17) is 5.73 Å². The van der Waals surface area contributed by atoms with Gasteiger partial charge in [0.05, 0.1) is 6.54 Å². The predicted octanol–water partition coefficient (Wildman–Crippen LogP) is 2.42. The van der Waals surface area contributed by atoms with E-state index in [-0.39, 0.29) is 18.4 Å². The van der Waals surface area contributed by atoms with Gasteiger partial charge in [-0.1, -0.05) is 25.7 Å². The van der Waals surface area contributed by atoms with E-state index < -0.39 is 11.4 Å². The van der Waals surface area contributed by atoms with Crippen LogP contribution in [-0.4, -0.2) is 34.2 Å². The van der Waals surface area contributed by atoms with Crippen molar-refractivity contribution < 1.29 is 14.8 Å². The molecule has 1 aliphatic rings. The third kappa shape index (κ3) is 4.46. The molecular formula is C24H23N3O3. The zero-order chi connectivity index (χ0) is 21.7. The highest BCUT2D eigenvalue weighted by Crippen LogP contribution is 2.30. The van der Waals surface area contributed by atoms with E-state index in [0.717, 1.165) is 11.1 Å². The average molecular weight is 401 g/mol. The molecule has 1 fully saturated rings. The van der Waals surface area contributed by atoms with Crippen molar-refractivity contribution in [2.75, 3.05) is 12.3 Å². The molecule has 1 aliphatic heterocycles. The molecule has 2 aromatic carbocycles. The van der Waals surface area contributed by atoms with Crippen LogP contribution in [0.5, 0.6) is 0 Å². The lowest BCUT2D eigenvalue weighted by Gasteiger charge is -2.31. The van der Waals surface area contributed by atoms with Crippen LogP contribution in [0, 0.1) is 29.6 Å². The van der Waals surface area contributed by atoms with Crippen molar-refractivity contribution >= 4 is 17.5 Å². The molecule has 4 N–H and O–H groups in total. The Balaban J connectivity index is 1.68. The minimum atomic E-state index is -1.10. The van der Waals surface area contributed by atoms with Gasteiger partial charge < -0.3 is 11.1 Å². The topological polar surface area (TPSA) is 95.7 Å². The second kappa shape index (κ2) is 8.73. The van der Waals surface area contributed by atoms with Crippen LogP contribution < -0.4 is 11.1 Å². The van der Waals surface area contributed by atoms with Crippen LogP contribution in [0.4, 0.5) is 5.69 Å². The summed E-state index contributed by atoms with van der Waals surface area (Å²) in [7, 11) is 0. The smallest absolute Gasteiger partial charge is 0.271 e. The number of nitrogens with two attached hydrogens (primary N) is 1. The third-order valence-corrected chi connectivity index (χ3v) is 5.19. The number of nitrogens with zero attached hydrogens (tertiary/aromatic N) is 1. The van der Waals surface area contributed by atoms with E-state index in [1.807, 2.05) is 26.0 Å². The van der Waals surface area contributed by atoms with Gasteiger partial charge in [0, 0.05) is 22.4 Å². The largest absolute Gasteiger partial charge is 0.399 e. The van der Waals surface area contributed by atoms with E-state index >= 15 is 0 Å². The highest BCUT2D eigenvalue weighted by atomic mass is 16.5. The number of hydrogen-bond acceptors (Lipinski definition) is 4. The first kappa shape index (κ1) is 21.0. The van der Waals surface area contributed by atoms with Crippen molar-refractivity contribution in [3.63, 3.8) is 0 Å². The summed E-state index contributed by atoms with van der Waals surface area (Å²) in [5.74, 6) is 10.4. The minimum Gasteiger partial charge on any atom is -0.399 e. The molecule has 0 radical (unpaired) electrons. The van der Waals surface area contributed by atoms with Crippen LogP contribution in [0.15, 0.2) is 48.5 Å². The average Bonchev–Trinajstić information content (AvgIpc) is 3.02. The van der Waals surface area contributed by atoms with Crippen molar-refractivity contribution in [2.24, 2.45) is 5.92 Å². The van der Waals surface area contributed by atoms with Gasteiger partial charge in [-0.15, -0.1) is 0 Å². The molecule has 0 saturated carbocycles. The SMILES string of the molecule is CC(C)C1(NC(=O)c2ccc(C#CC#Cc3ccc(N)cc3)cc2)CCN(O)C1=O. The third-order valence-electron chi connectivity index (χ3n) is 5.19. The Bertz CT molecular complexity index is 1070. The molecule has 2 aromatic rings. The summed E-state index contributed by atoms with van der Waals surface area (Å²) >= 11 is 0. The lowest BCUT2D eigenvalue weighted by atomic mass is 9.84. The summed E-state index contributed by atoms with van der Waals surface area (Å²) in [6.45, 7) is 3.89. The number of benzene rings is 2. The van der Waals surface area contributed by atoms with Gasteiger partial charge in [-0.25, -0.2) is 5.06 Å². The Morgan fingerprint density at radius 1 is 1.07 bits per heavy atom. The quantitative estimate of drug-likeness (QED) is 0.418. The zero-order valence-electron chi connectivity index (χ0n) is 16.9. The molecule has 6 nitrogen and oxygen atoms in total. The molecule has 3 rings (SSSR count). The standard InChI is InChI=1S/C24H23N3O3/c1-17(2)24(15-16-27(30)23(24)29)26-22(28)20-11-7-18(8-12-20)5-3-4-6-19-9-13-21(25)14-10-19/h7-14,17,30H,15-16,25H2,1-2H3,(H,26,28). The molecule has 1 heterocycles. The Labute approximate surface area is 176 Å². The number of hydroxylamine groups is 2. The fraction of sp³-hybridized carbons (Fsp3) is 0.250. The van der Waals surface area contributed by atoms with Crippen molar-refractivity contribution in [3.8, 4) is 23.7 Å². The second-order valence-electron chi connectivity index (χ2n) is 7.46. The molecule has 0 bridgehead atoms. The van der Waals surface area contributed by atoms with E-state index in [1.165, 1.54) is 0 Å². The van der Waals surface area contributed by atoms with Crippen LogP contribution in [-0.2, 0) is 4.79 Å². The number of anilines is 1. The fourth-order valence-electron chi connectivity index (χ4n) is 3.27. The lowest BCUT2D eigenvalue weighted by Crippen LogP contribution is -2.57. The maximum Gasteiger partial charge on any atom is 0.271 e. The van der Waals surface area contributed by atoms with Gasteiger partial charge in [-0.3, -0.25) is 14.8 Å². The monoisotopic (exact) mass is 401 g/mol. The summed E-state index contributed by atoms with van der Waals surface area (Å²) in [4.78, 5) is 25.1. The van der Waals surface area contributed by atoms with Crippen LogP contribution in [0.1, 0.15) is 41.8 Å². The summed E-state index contributed by atoms with van der Waals surface area (Å²) in [6, 6.07) is 14.0. The Morgan fingerprint density at radius 2 is 1.60 bits per heavy atom. The van der Waals surface area contributed by atoms with E-state index in [9.17, 15) is 14.8 Å². The molecule has 2 amide bonds. The van der Waals surface area contributed by atoms with Gasteiger partial charge in [0.15, 0.2) is 0 Å². The van der Waals surface area contributed by atoms with Gasteiger partial charge in [0.25, 0.3) is 11.8 Å². The Hall–Kier alpha value is -3.74. The van der Waals surface area contributed by atoms with Gasteiger partial charge in [-0.05, 0) is 72.7 Å². The van der Waals surface area contributed by atoms with E-state index in [0.29, 0.717) is 22.7 Å². The molecule has 30 heavy (non-hydrogen) atoms. The number of nitrogens with one attached hydrogen (secondary N) is 1. The number of nitrogen functional groups attached to an aromatic ring is 1. The highest BCUT2D eigenvalue weighted by molar-refractivity contribution is 6.00. The van der Waals surface area contributed by atoms with Crippen LogP contribution >= 0.6 is 0 Å². The van der Waals surface area contributed by atoms with Gasteiger partial charge in [0.1, 0.15) is 5.54 Å². The maximum absolute atomic E-state index is 12.7. The van der Waals surface area contributed by atoms with E-state index in [1.54, 1.807) is 36.4 Å². The molecule has 1 unspecified atom stereocenters. The minimum absolute atomic E-state index is 0.157. The molecule has 0 aliphatic carbocycles. The normalized spacial score (nSPS) is 17.7. The number of hydrogen-bond donors (Lipinski definition) is 3. The molecule has 0 aromatic heterocycles. The van der Waals surface area contributed by atoms with Crippen molar-refractivity contribution in [3.05, 3.63) is 65.2 Å². The van der Waals surface area contributed by atoms with Crippen LogP contribution in [0.25, 0.3) is 0 Å². The predicted molar refractivity (Wildman–Crippen MR) is 114 cm³/mol. The Kier molecular flexibility index (Phi) is 6.11. The summed E-state index contributed by atoms with van der Waals surface area (Å²) in [6.07, 6.45) is 0.363. The number of rotatable bonds is 3. The molecule has 6 heteroatoms. The van der Waals surface area contributed by atoms with Crippen molar-refractivity contribution in [2.45, 2.75) is 25.8 Å². The summed E-state index contributed by atoms with van der Waals surface area (Å²) in [5.41, 5.74) is 7.18. The first-order valence-electron chi connectivity index (χ1n) is 9.63. The fourth-order valence-corrected chi connectivity index (χ4v) is 3.27. The highest BCUT2D eigenvalue weighted by Gasteiger charge is 2.50. The number of carbonyl (C=O) groups is 2. The summed E-state index contributed by atoms with van der Waals surface area (Å²) in [5, 5.41) is 13.2. The first-order chi connectivity index (χ1) is 14.3. The molecule has 1 saturated heterocycles. The van der Waals surface area contributed by atoms with Gasteiger partial charge >= 0.3 is 0 Å². The second-order valence-corrected chi connectivity index (χ2v) is 7.46. The first-order valence-corrected chi connectivity index (χ1v) is 9.63. The summed E-state index contributed by atoms with van der Waals surface area (Å²) < 4.78 is 0. The van der Waals surface area contributed by atoms with Gasteiger partial charge in [-0.2, -0.15) is 0 Å². The molecule has 0 spiro atoms. The molecular weight excluding hydrogens is 378 g/mol. The number of amides is 2. The zero-order valence-corrected chi connectivity index (χ0v) is 16.9. The van der Waals surface area contributed by atoms with Crippen LogP contribution in [0.3, 0.4) is 0 Å². The van der Waals surface area contributed by atoms with E-state index in [2.05, 4.69) is 29.0 Å². The van der Waals surface area contributed by atoms with Gasteiger partial charge in [0.2, 0.25) is 0 Å². The van der Waals surface area contributed by atoms with Crippen molar-refractivity contribution in [1.82, 2.24) is 10.4 Å².